The molecule has 2 aromatic rings. The van der Waals surface area contributed by atoms with Gasteiger partial charge in [0.15, 0.2) is 0 Å². The molecule has 0 radical (unpaired) electrons. The van der Waals surface area contributed by atoms with Crippen LogP contribution in [0.3, 0.4) is 0 Å². The molecule has 0 fully saturated rings. The summed E-state index contributed by atoms with van der Waals surface area (Å²) >= 11 is 0. The monoisotopic (exact) mass is 331 g/mol. The molecule has 0 aliphatic heterocycles. The Morgan fingerprint density at radius 3 is 2.67 bits per heavy atom. The van der Waals surface area contributed by atoms with Crippen molar-refractivity contribution in [3.63, 3.8) is 0 Å². The fourth-order valence-corrected chi connectivity index (χ4v) is 2.35. The van der Waals surface area contributed by atoms with Crippen LogP contribution < -0.4 is 10.0 Å². The summed E-state index contributed by atoms with van der Waals surface area (Å²) in [5.41, 5.74) is 0.806. The van der Waals surface area contributed by atoms with E-state index in [9.17, 15) is 19.6 Å². The van der Waals surface area contributed by atoms with Crippen molar-refractivity contribution in [1.29, 1.82) is 0 Å². The maximum absolute atomic E-state index is 13.4. The van der Waals surface area contributed by atoms with Crippen molar-refractivity contribution in [2.75, 3.05) is 20.6 Å². The normalized spacial score (nSPS) is 12.7. The second-order valence-corrected chi connectivity index (χ2v) is 5.66. The second kappa shape index (κ2) is 7.65. The van der Waals surface area contributed by atoms with Crippen molar-refractivity contribution < 1.29 is 19.3 Å². The summed E-state index contributed by atoms with van der Waals surface area (Å²) in [5, 5.41) is 22.5. The van der Waals surface area contributed by atoms with E-state index in [2.05, 4.69) is 4.99 Å². The van der Waals surface area contributed by atoms with Crippen LogP contribution in [0.1, 0.15) is 17.2 Å². The SMILES string of the molecule is C[NH+](C)[C@H](CN=Cc1cc([N+](=O)[O-])ccc1[O-])c1cccc(F)c1. The van der Waals surface area contributed by atoms with Gasteiger partial charge in [-0.3, -0.25) is 15.1 Å². The van der Waals surface area contributed by atoms with Crippen molar-refractivity contribution in [2.24, 2.45) is 4.99 Å². The number of hydrogen-bond acceptors (Lipinski definition) is 4. The van der Waals surface area contributed by atoms with Crippen molar-refractivity contribution in [1.82, 2.24) is 0 Å². The molecule has 24 heavy (non-hydrogen) atoms. The van der Waals surface area contributed by atoms with E-state index in [1.165, 1.54) is 30.5 Å². The average Bonchev–Trinajstić information content (AvgIpc) is 2.52. The van der Waals surface area contributed by atoms with E-state index in [0.29, 0.717) is 6.54 Å². The maximum atomic E-state index is 13.4. The third kappa shape index (κ3) is 4.36. The highest BCUT2D eigenvalue weighted by Crippen LogP contribution is 2.19. The molecule has 1 atom stereocenters. The number of aliphatic imine (C=N–C) groups is 1. The second-order valence-electron chi connectivity index (χ2n) is 5.66. The summed E-state index contributed by atoms with van der Waals surface area (Å²) in [6.07, 6.45) is 1.34. The number of rotatable bonds is 6. The van der Waals surface area contributed by atoms with Crippen LogP contribution in [0.2, 0.25) is 0 Å². The van der Waals surface area contributed by atoms with Crippen LogP contribution in [0.15, 0.2) is 47.5 Å². The molecule has 2 aromatic carbocycles. The summed E-state index contributed by atoms with van der Waals surface area (Å²) in [6.45, 7) is 0.327. The topological polar surface area (TPSA) is 83.0 Å². The van der Waals surface area contributed by atoms with E-state index in [-0.39, 0.29) is 28.9 Å². The summed E-state index contributed by atoms with van der Waals surface area (Å²) in [5.74, 6) is -0.646. The summed E-state index contributed by atoms with van der Waals surface area (Å²) in [7, 11) is 3.86. The highest BCUT2D eigenvalue weighted by molar-refractivity contribution is 5.84. The van der Waals surface area contributed by atoms with Gasteiger partial charge in [-0.05, 0) is 17.7 Å². The van der Waals surface area contributed by atoms with Crippen molar-refractivity contribution in [3.05, 3.63) is 69.5 Å². The lowest BCUT2D eigenvalue weighted by Gasteiger charge is -2.20. The molecular weight excluding hydrogens is 313 g/mol. The number of quaternary nitrogens is 1. The van der Waals surface area contributed by atoms with Crippen LogP contribution in [0.25, 0.3) is 0 Å². The Morgan fingerprint density at radius 1 is 1.29 bits per heavy atom. The zero-order valence-corrected chi connectivity index (χ0v) is 13.4. The van der Waals surface area contributed by atoms with Gasteiger partial charge in [0, 0.05) is 23.9 Å². The number of nitro benzene ring substituents is 1. The van der Waals surface area contributed by atoms with Gasteiger partial charge in [0.05, 0.1) is 25.6 Å². The van der Waals surface area contributed by atoms with Crippen LogP contribution in [0, 0.1) is 15.9 Å². The Morgan fingerprint density at radius 2 is 2.04 bits per heavy atom. The predicted molar refractivity (Wildman–Crippen MR) is 87.0 cm³/mol. The van der Waals surface area contributed by atoms with Crippen LogP contribution in [0.5, 0.6) is 5.75 Å². The minimum Gasteiger partial charge on any atom is -0.872 e. The molecule has 6 nitrogen and oxygen atoms in total. The molecule has 126 valence electrons. The first kappa shape index (κ1) is 17.6. The molecule has 7 heteroatoms. The summed E-state index contributed by atoms with van der Waals surface area (Å²) < 4.78 is 13.4. The molecule has 0 saturated carbocycles. The lowest BCUT2D eigenvalue weighted by atomic mass is 10.1. The lowest BCUT2D eigenvalue weighted by Crippen LogP contribution is -3.06. The van der Waals surface area contributed by atoms with Gasteiger partial charge in [-0.15, -0.1) is 0 Å². The van der Waals surface area contributed by atoms with Gasteiger partial charge in [-0.2, -0.15) is 0 Å². The first-order valence-electron chi connectivity index (χ1n) is 7.39. The van der Waals surface area contributed by atoms with E-state index in [4.69, 9.17) is 0 Å². The predicted octanol–water partition coefficient (Wildman–Crippen LogP) is 1.11. The summed E-state index contributed by atoms with van der Waals surface area (Å²) in [4.78, 5) is 15.5. The molecule has 0 aliphatic rings. The molecule has 0 aromatic heterocycles. The van der Waals surface area contributed by atoms with Gasteiger partial charge in [0.25, 0.3) is 5.69 Å². The molecule has 2 rings (SSSR count). The maximum Gasteiger partial charge on any atom is 0.270 e. The molecule has 0 amide bonds. The fourth-order valence-electron chi connectivity index (χ4n) is 2.35. The molecule has 0 heterocycles. The molecule has 0 aliphatic carbocycles. The molecule has 0 unspecified atom stereocenters. The molecule has 1 N–H and O–H groups in total. The van der Waals surface area contributed by atoms with E-state index >= 15 is 0 Å². The molecule has 0 bridgehead atoms. The number of nitrogens with one attached hydrogen (secondary N) is 1. The van der Waals surface area contributed by atoms with E-state index < -0.39 is 4.92 Å². The highest BCUT2D eigenvalue weighted by Gasteiger charge is 2.17. The van der Waals surface area contributed by atoms with Gasteiger partial charge in [0.2, 0.25) is 0 Å². The summed E-state index contributed by atoms with van der Waals surface area (Å²) in [6, 6.07) is 9.72. The van der Waals surface area contributed by atoms with Gasteiger partial charge in [0.1, 0.15) is 11.9 Å². The number of nitro groups is 1. The van der Waals surface area contributed by atoms with Crippen molar-refractivity contribution in [3.8, 4) is 5.75 Å². The molecular formula is C17H18FN3O3. The van der Waals surface area contributed by atoms with Crippen LogP contribution in [-0.2, 0) is 0 Å². The first-order chi connectivity index (χ1) is 11.4. The van der Waals surface area contributed by atoms with Crippen molar-refractivity contribution in [2.45, 2.75) is 6.04 Å². The Kier molecular flexibility index (Phi) is 5.59. The minimum absolute atomic E-state index is 0.0919. The van der Waals surface area contributed by atoms with Gasteiger partial charge >= 0.3 is 0 Å². The van der Waals surface area contributed by atoms with E-state index in [1.54, 1.807) is 6.07 Å². The zero-order chi connectivity index (χ0) is 17.7. The zero-order valence-electron chi connectivity index (χ0n) is 13.4. The number of non-ortho nitro benzene ring substituents is 1. The van der Waals surface area contributed by atoms with E-state index in [1.807, 2.05) is 20.2 Å². The smallest absolute Gasteiger partial charge is 0.270 e. The third-order valence-corrected chi connectivity index (χ3v) is 3.67. The van der Waals surface area contributed by atoms with E-state index in [0.717, 1.165) is 16.5 Å². The standard InChI is InChI=1S/C17H18FN3O3/c1-20(2)16(12-4-3-5-14(18)8-12)11-19-10-13-9-15(21(23)24)6-7-17(13)22/h3-10,16,22H,11H2,1-2H3/t16-/m1/s1. The van der Waals surface area contributed by atoms with Gasteiger partial charge < -0.3 is 10.0 Å². The first-order valence-corrected chi connectivity index (χ1v) is 7.39. The average molecular weight is 331 g/mol. The Bertz CT molecular complexity index is 762. The Labute approximate surface area is 139 Å². The third-order valence-electron chi connectivity index (χ3n) is 3.67. The molecule has 0 spiro atoms. The molecule has 0 saturated heterocycles. The fraction of sp³-hybridized carbons (Fsp3) is 0.235. The quantitative estimate of drug-likeness (QED) is 0.489. The van der Waals surface area contributed by atoms with Gasteiger partial charge in [-0.1, -0.05) is 23.9 Å². The number of likely N-dealkylation sites (N-methyl/N-ethyl adjacent to an activating group) is 1. The lowest BCUT2D eigenvalue weighted by molar-refractivity contribution is -0.890. The Hall–Kier alpha value is -2.80. The van der Waals surface area contributed by atoms with Crippen LogP contribution in [-0.4, -0.2) is 31.8 Å². The number of nitrogens with zero attached hydrogens (tertiary/aromatic N) is 2. The Balaban J connectivity index is 2.19. The van der Waals surface area contributed by atoms with Crippen molar-refractivity contribution >= 4 is 11.9 Å². The highest BCUT2D eigenvalue weighted by atomic mass is 19.1. The minimum atomic E-state index is -0.559. The number of hydrogen-bond donors (Lipinski definition) is 1. The van der Waals surface area contributed by atoms with Crippen LogP contribution >= 0.6 is 0 Å². The van der Waals surface area contributed by atoms with Gasteiger partial charge in [-0.25, -0.2) is 4.39 Å². The number of halogens is 1. The van der Waals surface area contributed by atoms with Crippen LogP contribution in [0.4, 0.5) is 10.1 Å². The number of benzene rings is 2. The largest absolute Gasteiger partial charge is 0.872 e.